The van der Waals surface area contributed by atoms with E-state index in [1.807, 2.05) is 0 Å². The fraction of sp³-hybridized carbons (Fsp3) is 0.562. The molecular formula is C16H21FN2O3S. The van der Waals surface area contributed by atoms with Crippen LogP contribution in [0.25, 0.3) is 0 Å². The molecular weight excluding hydrogens is 319 g/mol. The summed E-state index contributed by atoms with van der Waals surface area (Å²) >= 11 is 0. The van der Waals surface area contributed by atoms with Crippen molar-refractivity contribution in [3.63, 3.8) is 0 Å². The molecule has 1 spiro atoms. The van der Waals surface area contributed by atoms with Gasteiger partial charge < -0.3 is 4.90 Å². The Labute approximate surface area is 136 Å². The summed E-state index contributed by atoms with van der Waals surface area (Å²) in [5, 5.41) is 0. The number of amides is 1. The van der Waals surface area contributed by atoms with Gasteiger partial charge in [-0.25, -0.2) is 17.1 Å². The number of carbonyl (C=O) groups excluding carboxylic acids is 1. The van der Waals surface area contributed by atoms with Crippen LogP contribution in [0.2, 0.25) is 0 Å². The Bertz CT molecular complexity index is 722. The molecule has 2 saturated heterocycles. The molecule has 1 aromatic carbocycles. The molecule has 1 amide bonds. The smallest absolute Gasteiger partial charge is 0.230 e. The lowest BCUT2D eigenvalue weighted by Gasteiger charge is -2.23. The van der Waals surface area contributed by atoms with Crippen LogP contribution < -0.4 is 0 Å². The molecule has 0 aliphatic carbocycles. The molecule has 0 unspecified atom stereocenters. The van der Waals surface area contributed by atoms with E-state index in [1.54, 1.807) is 24.0 Å². The highest BCUT2D eigenvalue weighted by Crippen LogP contribution is 2.42. The number of rotatable bonds is 4. The first-order chi connectivity index (χ1) is 10.9. The molecule has 2 heterocycles. The number of benzene rings is 1. The third-order valence-corrected chi connectivity index (χ3v) is 6.77. The molecule has 0 aromatic heterocycles. The maximum Gasteiger partial charge on any atom is 0.230 e. The van der Waals surface area contributed by atoms with Gasteiger partial charge in [0.2, 0.25) is 15.9 Å². The third-order valence-electron chi connectivity index (χ3n) is 4.94. The summed E-state index contributed by atoms with van der Waals surface area (Å²) in [7, 11) is -3.25. The topological polar surface area (TPSA) is 57.7 Å². The Balaban J connectivity index is 1.72. The van der Waals surface area contributed by atoms with Gasteiger partial charge in [0, 0.05) is 26.2 Å². The van der Waals surface area contributed by atoms with E-state index < -0.39 is 15.4 Å². The number of hydrogen-bond acceptors (Lipinski definition) is 3. The second-order valence-electron chi connectivity index (χ2n) is 6.37. The number of sulfonamides is 1. The molecule has 1 aromatic rings. The van der Waals surface area contributed by atoms with Crippen LogP contribution in [0.3, 0.4) is 0 Å². The standard InChI is InChI=1S/C16H21FN2O3S/c1-2-23(21,22)19-9-7-16(12-19)6-8-18(15(16)20)11-13-4-3-5-14(17)10-13/h3-5,10H,2,6-9,11-12H2,1H3/t16-/m1/s1. The summed E-state index contributed by atoms with van der Waals surface area (Å²) in [6.07, 6.45) is 1.24. The first kappa shape index (κ1) is 16.4. The van der Waals surface area contributed by atoms with Crippen LogP contribution in [0, 0.1) is 11.2 Å². The van der Waals surface area contributed by atoms with Crippen LogP contribution in [0.1, 0.15) is 25.3 Å². The molecule has 3 rings (SSSR count). The van der Waals surface area contributed by atoms with E-state index in [2.05, 4.69) is 0 Å². The Kier molecular flexibility index (Phi) is 4.18. The van der Waals surface area contributed by atoms with Crippen LogP contribution in [0.5, 0.6) is 0 Å². The highest BCUT2D eigenvalue weighted by molar-refractivity contribution is 7.89. The number of hydrogen-bond donors (Lipinski definition) is 0. The van der Waals surface area contributed by atoms with Crippen molar-refractivity contribution < 1.29 is 17.6 Å². The highest BCUT2D eigenvalue weighted by atomic mass is 32.2. The van der Waals surface area contributed by atoms with Gasteiger partial charge in [0.25, 0.3) is 0 Å². The fourth-order valence-corrected chi connectivity index (χ4v) is 4.71. The normalized spacial score (nSPS) is 25.7. The minimum atomic E-state index is -3.25. The largest absolute Gasteiger partial charge is 0.338 e. The summed E-state index contributed by atoms with van der Waals surface area (Å²) in [6, 6.07) is 6.23. The summed E-state index contributed by atoms with van der Waals surface area (Å²) < 4.78 is 38.8. The quantitative estimate of drug-likeness (QED) is 0.836. The molecule has 0 bridgehead atoms. The van der Waals surface area contributed by atoms with Crippen LogP contribution in [0.15, 0.2) is 24.3 Å². The first-order valence-electron chi connectivity index (χ1n) is 7.88. The van der Waals surface area contributed by atoms with Gasteiger partial charge >= 0.3 is 0 Å². The molecule has 2 aliphatic heterocycles. The predicted molar refractivity (Wildman–Crippen MR) is 84.5 cm³/mol. The minimum Gasteiger partial charge on any atom is -0.338 e. The van der Waals surface area contributed by atoms with Gasteiger partial charge in [-0.2, -0.15) is 0 Å². The SMILES string of the molecule is CCS(=O)(=O)N1CC[C@]2(CCN(Cc3cccc(F)c3)C2=O)C1. The zero-order valence-corrected chi connectivity index (χ0v) is 14.0. The number of likely N-dealkylation sites (tertiary alicyclic amines) is 1. The van der Waals surface area contributed by atoms with Gasteiger partial charge in [0.15, 0.2) is 0 Å². The van der Waals surface area contributed by atoms with Crippen molar-refractivity contribution in [3.8, 4) is 0 Å². The Hall–Kier alpha value is -1.47. The monoisotopic (exact) mass is 340 g/mol. The molecule has 0 saturated carbocycles. The maximum absolute atomic E-state index is 13.3. The lowest BCUT2D eigenvalue weighted by molar-refractivity contribution is -0.135. The average Bonchev–Trinajstić information content (AvgIpc) is 3.08. The Morgan fingerprint density at radius 3 is 2.70 bits per heavy atom. The van der Waals surface area contributed by atoms with Crippen LogP contribution in [-0.4, -0.2) is 48.9 Å². The van der Waals surface area contributed by atoms with E-state index in [0.29, 0.717) is 32.5 Å². The van der Waals surface area contributed by atoms with Gasteiger partial charge in [-0.1, -0.05) is 12.1 Å². The summed E-state index contributed by atoms with van der Waals surface area (Å²) in [5.74, 6) is -0.259. The van der Waals surface area contributed by atoms with E-state index in [1.165, 1.54) is 16.4 Å². The van der Waals surface area contributed by atoms with Crippen molar-refractivity contribution in [1.82, 2.24) is 9.21 Å². The van der Waals surface area contributed by atoms with Crippen molar-refractivity contribution in [2.24, 2.45) is 5.41 Å². The van der Waals surface area contributed by atoms with E-state index in [9.17, 15) is 17.6 Å². The predicted octanol–water partition coefficient (Wildman–Crippen LogP) is 1.60. The molecule has 0 radical (unpaired) electrons. The summed E-state index contributed by atoms with van der Waals surface area (Å²) in [5.41, 5.74) is 0.168. The molecule has 23 heavy (non-hydrogen) atoms. The Morgan fingerprint density at radius 2 is 2.00 bits per heavy atom. The first-order valence-corrected chi connectivity index (χ1v) is 9.49. The van der Waals surface area contributed by atoms with Crippen molar-refractivity contribution >= 4 is 15.9 Å². The van der Waals surface area contributed by atoms with Gasteiger partial charge in [-0.05, 0) is 37.5 Å². The lowest BCUT2D eigenvalue weighted by atomic mass is 9.86. The lowest BCUT2D eigenvalue weighted by Crippen LogP contribution is -2.38. The fourth-order valence-electron chi connectivity index (χ4n) is 3.53. The molecule has 2 aliphatic rings. The zero-order valence-electron chi connectivity index (χ0n) is 13.2. The van der Waals surface area contributed by atoms with Crippen molar-refractivity contribution in [2.75, 3.05) is 25.4 Å². The average molecular weight is 340 g/mol. The highest BCUT2D eigenvalue weighted by Gasteiger charge is 2.52. The zero-order chi connectivity index (χ0) is 16.7. The Morgan fingerprint density at radius 1 is 1.26 bits per heavy atom. The molecule has 5 nitrogen and oxygen atoms in total. The third kappa shape index (κ3) is 2.99. The van der Waals surface area contributed by atoms with Crippen molar-refractivity contribution in [2.45, 2.75) is 26.3 Å². The molecule has 2 fully saturated rings. The van der Waals surface area contributed by atoms with Gasteiger partial charge in [-0.15, -0.1) is 0 Å². The minimum absolute atomic E-state index is 0.00411. The maximum atomic E-state index is 13.3. The number of nitrogens with zero attached hydrogens (tertiary/aromatic N) is 2. The number of halogens is 1. The van der Waals surface area contributed by atoms with Gasteiger partial charge in [0.05, 0.1) is 11.2 Å². The summed E-state index contributed by atoms with van der Waals surface area (Å²) in [4.78, 5) is 14.5. The molecule has 0 N–H and O–H groups in total. The van der Waals surface area contributed by atoms with Crippen LogP contribution in [0.4, 0.5) is 4.39 Å². The molecule has 7 heteroatoms. The van der Waals surface area contributed by atoms with E-state index >= 15 is 0 Å². The van der Waals surface area contributed by atoms with Gasteiger partial charge in [0.1, 0.15) is 5.82 Å². The summed E-state index contributed by atoms with van der Waals surface area (Å²) in [6.45, 7) is 3.28. The van der Waals surface area contributed by atoms with Crippen LogP contribution in [-0.2, 0) is 21.4 Å². The van der Waals surface area contributed by atoms with Crippen molar-refractivity contribution in [3.05, 3.63) is 35.6 Å². The second kappa shape index (κ2) is 5.87. The van der Waals surface area contributed by atoms with Crippen LogP contribution >= 0.6 is 0 Å². The molecule has 1 atom stereocenters. The second-order valence-corrected chi connectivity index (χ2v) is 8.63. The van der Waals surface area contributed by atoms with Crippen molar-refractivity contribution in [1.29, 1.82) is 0 Å². The van der Waals surface area contributed by atoms with E-state index in [0.717, 1.165) is 5.56 Å². The van der Waals surface area contributed by atoms with Gasteiger partial charge in [-0.3, -0.25) is 4.79 Å². The number of carbonyl (C=O) groups is 1. The van der Waals surface area contributed by atoms with E-state index in [-0.39, 0.29) is 24.0 Å². The molecule has 126 valence electrons. The van der Waals surface area contributed by atoms with E-state index in [4.69, 9.17) is 0 Å².